The van der Waals surface area contributed by atoms with Gasteiger partial charge in [0, 0.05) is 48.9 Å². The van der Waals surface area contributed by atoms with Crippen LogP contribution in [-0.4, -0.2) is 88.9 Å². The number of amides is 1. The van der Waals surface area contributed by atoms with Gasteiger partial charge in [0.15, 0.2) is 5.82 Å². The van der Waals surface area contributed by atoms with Crippen LogP contribution >= 0.6 is 0 Å². The lowest BCUT2D eigenvalue weighted by Gasteiger charge is -2.42. The second-order valence-corrected chi connectivity index (χ2v) is 16.5. The molecule has 2 aromatic heterocycles. The Kier molecular flexibility index (Phi) is 9.01. The van der Waals surface area contributed by atoms with Crippen LogP contribution in [0.15, 0.2) is 65.7 Å². The maximum absolute atomic E-state index is 17.0. The summed E-state index contributed by atoms with van der Waals surface area (Å²) in [6, 6.07) is 13.5. The van der Waals surface area contributed by atoms with E-state index in [9.17, 15) is 22.2 Å². The van der Waals surface area contributed by atoms with Gasteiger partial charge in [0.25, 0.3) is 10.1 Å². The van der Waals surface area contributed by atoms with Gasteiger partial charge >= 0.3 is 12.1 Å². The molecule has 1 amide bonds. The van der Waals surface area contributed by atoms with E-state index in [4.69, 9.17) is 20.9 Å². The first-order valence-electron chi connectivity index (χ1n) is 18.0. The number of fused-ring (bicyclic) bond motifs is 4. The van der Waals surface area contributed by atoms with Gasteiger partial charge in [-0.05, 0) is 63.3 Å². The summed E-state index contributed by atoms with van der Waals surface area (Å²) in [7, 11) is -4.40. The number of carbonyl (C=O) groups is 1. The number of piperazine rings is 1. The maximum Gasteiger partial charge on any atom is 0.410 e. The molecule has 8 rings (SSSR count). The highest BCUT2D eigenvalue weighted by atomic mass is 32.2. The average molecular weight is 769 g/mol. The van der Waals surface area contributed by atoms with Crippen LogP contribution < -0.4 is 14.5 Å². The monoisotopic (exact) mass is 768 g/mol. The van der Waals surface area contributed by atoms with Crippen LogP contribution in [0.5, 0.6) is 6.01 Å². The number of terminal acetylenes is 1. The predicted molar refractivity (Wildman–Crippen MR) is 203 cm³/mol. The molecule has 3 aliphatic rings. The van der Waals surface area contributed by atoms with E-state index in [0.717, 1.165) is 12.8 Å². The van der Waals surface area contributed by atoms with E-state index in [1.54, 1.807) is 41.3 Å². The molecule has 1 N–H and O–H groups in total. The van der Waals surface area contributed by atoms with E-state index in [1.807, 2.05) is 30.6 Å². The van der Waals surface area contributed by atoms with Crippen LogP contribution in [0.2, 0.25) is 0 Å². The second kappa shape index (κ2) is 13.6. The molecular formula is C40H38F2N6O6S. The summed E-state index contributed by atoms with van der Waals surface area (Å²) < 4.78 is 77.2. The minimum atomic E-state index is -4.40. The Bertz CT molecular complexity index is 2510. The third-order valence-corrected chi connectivity index (χ3v) is 11.2. The van der Waals surface area contributed by atoms with E-state index >= 15 is 4.39 Å². The molecule has 2 bridgehead atoms. The molecule has 3 aromatic carbocycles. The lowest BCUT2D eigenvalue weighted by Crippen LogP contribution is -2.57. The van der Waals surface area contributed by atoms with Gasteiger partial charge in [0.2, 0.25) is 0 Å². The molecule has 0 aliphatic carbocycles. The third-order valence-electron chi connectivity index (χ3n) is 10.3. The fraction of sp³-hybridized carbons (Fsp3) is 0.350. The van der Waals surface area contributed by atoms with Gasteiger partial charge in [0.05, 0.1) is 34.5 Å². The number of benzene rings is 3. The first-order chi connectivity index (χ1) is 26.2. The molecule has 0 spiro atoms. The SMILES string of the molecule is C#Cc1c(F)ccc2cccc(-c3ncc4c(N5C[C@H]6CC[C@@H](C5)N6C(=O)OC(C)(C)C)nc(O[C@@H]5CCN(c6cccc(S(=O)(=O)O)c6)C5)nc4c3F)c12. The van der Waals surface area contributed by atoms with Gasteiger partial charge < -0.3 is 19.3 Å². The van der Waals surface area contributed by atoms with E-state index < -0.39 is 33.5 Å². The predicted octanol–water partition coefficient (Wildman–Crippen LogP) is 6.60. The Morgan fingerprint density at radius 2 is 1.73 bits per heavy atom. The molecule has 5 heterocycles. The molecule has 5 aromatic rings. The third kappa shape index (κ3) is 6.85. The van der Waals surface area contributed by atoms with Crippen LogP contribution in [-0.2, 0) is 14.9 Å². The number of rotatable bonds is 6. The molecule has 0 saturated carbocycles. The molecule has 3 saturated heterocycles. The summed E-state index contributed by atoms with van der Waals surface area (Å²) in [5.74, 6) is 1.42. The van der Waals surface area contributed by atoms with Crippen molar-refractivity contribution in [2.75, 3.05) is 36.0 Å². The smallest absolute Gasteiger partial charge is 0.410 e. The molecule has 15 heteroatoms. The Hall–Kier alpha value is -5.59. The lowest BCUT2D eigenvalue weighted by molar-refractivity contribution is 0.0122. The van der Waals surface area contributed by atoms with Crippen molar-refractivity contribution >= 4 is 49.4 Å². The van der Waals surface area contributed by atoms with Gasteiger partial charge in [-0.25, -0.2) is 13.6 Å². The summed E-state index contributed by atoms with van der Waals surface area (Å²) in [4.78, 5) is 32.7. The van der Waals surface area contributed by atoms with E-state index in [0.29, 0.717) is 65.8 Å². The highest BCUT2D eigenvalue weighted by molar-refractivity contribution is 7.85. The minimum Gasteiger partial charge on any atom is -0.458 e. The molecule has 3 aliphatic heterocycles. The molecule has 3 atom stereocenters. The number of anilines is 2. The van der Waals surface area contributed by atoms with Crippen molar-refractivity contribution in [2.24, 2.45) is 0 Å². The molecule has 55 heavy (non-hydrogen) atoms. The van der Waals surface area contributed by atoms with Gasteiger partial charge in [-0.15, -0.1) is 6.42 Å². The fourth-order valence-corrected chi connectivity index (χ4v) is 8.45. The Labute approximate surface area is 316 Å². The van der Waals surface area contributed by atoms with Gasteiger partial charge in [-0.2, -0.15) is 18.4 Å². The van der Waals surface area contributed by atoms with Crippen molar-refractivity contribution in [1.82, 2.24) is 19.9 Å². The standard InChI is InChI=1S/C40H38F2N6O6S/c1-5-29-32(41)15-12-23-8-6-11-30(33(23)29)35-34(42)36-31(19-43-35)37(47-20-25-13-14-26(21-47)48(25)39(49)54-40(2,3)4)45-38(44-36)53-27-16-17-46(22-27)24-9-7-10-28(18-24)55(50,51)52/h1,6-12,15,18-19,25-27H,13-14,16-17,20-22H2,2-4H3,(H,50,51,52)/t25-,26+,27-/m1/s1. The van der Waals surface area contributed by atoms with E-state index in [-0.39, 0.29) is 45.9 Å². The van der Waals surface area contributed by atoms with Crippen LogP contribution in [0, 0.1) is 24.0 Å². The van der Waals surface area contributed by atoms with Crippen LogP contribution in [0.1, 0.15) is 45.6 Å². The maximum atomic E-state index is 17.0. The first-order valence-corrected chi connectivity index (χ1v) is 19.4. The number of pyridine rings is 1. The van der Waals surface area contributed by atoms with E-state index in [2.05, 4.69) is 15.9 Å². The second-order valence-electron chi connectivity index (χ2n) is 15.1. The molecule has 0 radical (unpaired) electrons. The zero-order valence-electron chi connectivity index (χ0n) is 30.4. The van der Waals surface area contributed by atoms with Crippen molar-refractivity contribution in [3.63, 3.8) is 0 Å². The Morgan fingerprint density at radius 3 is 2.44 bits per heavy atom. The Morgan fingerprint density at radius 1 is 0.982 bits per heavy atom. The summed E-state index contributed by atoms with van der Waals surface area (Å²) in [6.45, 7) is 7.14. The van der Waals surface area contributed by atoms with Crippen molar-refractivity contribution in [3.05, 3.63) is 78.0 Å². The van der Waals surface area contributed by atoms with Gasteiger partial charge in [0.1, 0.15) is 34.6 Å². The molecule has 12 nitrogen and oxygen atoms in total. The number of ether oxygens (including phenoxy) is 2. The number of carbonyl (C=O) groups excluding carboxylic acids is 1. The minimum absolute atomic E-state index is 0.00644. The van der Waals surface area contributed by atoms with Crippen molar-refractivity contribution in [3.8, 4) is 29.6 Å². The first kappa shape index (κ1) is 36.4. The number of nitrogens with zero attached hydrogens (tertiary/aromatic N) is 6. The van der Waals surface area contributed by atoms with Crippen molar-refractivity contribution in [1.29, 1.82) is 0 Å². The number of hydrogen-bond acceptors (Lipinski definition) is 10. The number of aromatic nitrogens is 3. The molecule has 0 unspecified atom stereocenters. The largest absolute Gasteiger partial charge is 0.458 e. The van der Waals surface area contributed by atoms with E-state index in [1.165, 1.54) is 24.4 Å². The molecule has 3 fully saturated rings. The topological polar surface area (TPSA) is 138 Å². The van der Waals surface area contributed by atoms with Crippen LogP contribution in [0.4, 0.5) is 25.1 Å². The summed E-state index contributed by atoms with van der Waals surface area (Å²) in [5, 5.41) is 1.30. The quantitative estimate of drug-likeness (QED) is 0.148. The highest BCUT2D eigenvalue weighted by Gasteiger charge is 2.45. The van der Waals surface area contributed by atoms with Crippen molar-refractivity contribution in [2.45, 2.75) is 68.7 Å². The van der Waals surface area contributed by atoms with Crippen LogP contribution in [0.3, 0.4) is 0 Å². The fourth-order valence-electron chi connectivity index (χ4n) is 7.93. The van der Waals surface area contributed by atoms with Crippen LogP contribution in [0.25, 0.3) is 32.9 Å². The number of halogens is 2. The molecular weight excluding hydrogens is 731 g/mol. The lowest BCUT2D eigenvalue weighted by atomic mass is 9.96. The number of hydrogen-bond donors (Lipinski definition) is 1. The zero-order chi connectivity index (χ0) is 38.8. The summed E-state index contributed by atoms with van der Waals surface area (Å²) >= 11 is 0. The van der Waals surface area contributed by atoms with Gasteiger partial charge in [-0.3, -0.25) is 14.4 Å². The zero-order valence-corrected chi connectivity index (χ0v) is 31.2. The summed E-state index contributed by atoms with van der Waals surface area (Å²) in [5.41, 5.74) is 0.0897. The average Bonchev–Trinajstić information content (AvgIpc) is 3.71. The summed E-state index contributed by atoms with van der Waals surface area (Å²) in [6.07, 6.45) is 8.44. The Balaban J connectivity index is 1.19. The van der Waals surface area contributed by atoms with Crippen molar-refractivity contribution < 1.29 is 36.0 Å². The highest BCUT2D eigenvalue weighted by Crippen LogP contribution is 2.40. The normalized spacial score (nSPS) is 19.9. The molecule has 284 valence electrons. The van der Waals surface area contributed by atoms with Gasteiger partial charge in [-0.1, -0.05) is 36.3 Å².